The van der Waals surface area contributed by atoms with Crippen LogP contribution in [0.1, 0.15) is 18.3 Å². The van der Waals surface area contributed by atoms with Gasteiger partial charge in [0.1, 0.15) is 36.0 Å². The lowest BCUT2D eigenvalue weighted by molar-refractivity contribution is 0.475. The van der Waals surface area contributed by atoms with Gasteiger partial charge in [0.2, 0.25) is 0 Å². The Bertz CT molecular complexity index is 1800. The van der Waals surface area contributed by atoms with E-state index < -0.39 is 0 Å². The first-order valence-corrected chi connectivity index (χ1v) is 12.2. The fraction of sp³-hybridized carbons (Fsp3) is 0.138. The molecule has 2 aromatic carbocycles. The van der Waals surface area contributed by atoms with Crippen molar-refractivity contribution in [1.29, 1.82) is 0 Å². The number of hydrogen-bond acceptors (Lipinski definition) is 7. The van der Waals surface area contributed by atoms with Crippen LogP contribution < -0.4 is 11.3 Å². The molecule has 3 aromatic heterocycles. The maximum absolute atomic E-state index is 13.9. The summed E-state index contributed by atoms with van der Waals surface area (Å²) in [6, 6.07) is 12.4. The lowest BCUT2D eigenvalue weighted by atomic mass is 10.0. The molecule has 38 heavy (non-hydrogen) atoms. The minimum atomic E-state index is -0.121. The Kier molecular flexibility index (Phi) is 5.95. The normalized spacial score (nSPS) is 13.3. The highest BCUT2D eigenvalue weighted by atomic mass is 16.3. The van der Waals surface area contributed by atoms with E-state index in [1.165, 1.54) is 6.33 Å². The molecule has 3 N–H and O–H groups in total. The topological polar surface area (TPSA) is 125 Å². The van der Waals surface area contributed by atoms with Crippen LogP contribution in [0.25, 0.3) is 33.2 Å². The fourth-order valence-corrected chi connectivity index (χ4v) is 4.70. The second-order valence-electron chi connectivity index (χ2n) is 8.92. The van der Waals surface area contributed by atoms with Crippen molar-refractivity contribution in [3.63, 3.8) is 0 Å². The first-order valence-electron chi connectivity index (χ1n) is 12.2. The van der Waals surface area contributed by atoms with E-state index in [4.69, 9.17) is 15.8 Å². The number of rotatable bonds is 6. The van der Waals surface area contributed by atoms with Gasteiger partial charge in [0, 0.05) is 24.9 Å². The summed E-state index contributed by atoms with van der Waals surface area (Å²) >= 11 is 0. The molecule has 1 aliphatic carbocycles. The van der Waals surface area contributed by atoms with Crippen LogP contribution in [0.4, 0.5) is 5.82 Å². The van der Waals surface area contributed by atoms with Crippen LogP contribution in [0, 0.1) is 12.8 Å². The van der Waals surface area contributed by atoms with Gasteiger partial charge in [-0.2, -0.15) is 5.10 Å². The third kappa shape index (κ3) is 4.11. The van der Waals surface area contributed by atoms with E-state index in [1.54, 1.807) is 39.6 Å². The van der Waals surface area contributed by atoms with Crippen LogP contribution in [0.2, 0.25) is 0 Å². The van der Waals surface area contributed by atoms with Crippen LogP contribution in [0.5, 0.6) is 5.75 Å². The summed E-state index contributed by atoms with van der Waals surface area (Å²) in [5.74, 6) is 0.953. The molecule has 0 saturated heterocycles. The number of aryl methyl sites for hydroxylation is 1. The zero-order valence-electron chi connectivity index (χ0n) is 20.6. The summed E-state index contributed by atoms with van der Waals surface area (Å²) in [7, 11) is 0. The Morgan fingerprint density at radius 1 is 1.05 bits per heavy atom. The Balaban J connectivity index is 1.54. The summed E-state index contributed by atoms with van der Waals surface area (Å²) in [5, 5.41) is 15.8. The Hall–Kier alpha value is -4.79. The highest BCUT2D eigenvalue weighted by molar-refractivity contribution is 5.98. The van der Waals surface area contributed by atoms with E-state index in [2.05, 4.69) is 22.8 Å². The molecule has 5 aromatic rings. The summed E-state index contributed by atoms with van der Waals surface area (Å²) in [5.41, 5.74) is 10.4. The van der Waals surface area contributed by atoms with Crippen molar-refractivity contribution in [1.82, 2.24) is 29.3 Å². The van der Waals surface area contributed by atoms with Gasteiger partial charge >= 0.3 is 0 Å². The van der Waals surface area contributed by atoms with Crippen molar-refractivity contribution < 1.29 is 5.11 Å². The minimum absolute atomic E-state index is 0.121. The van der Waals surface area contributed by atoms with Gasteiger partial charge in [-0.05, 0) is 47.9 Å². The number of nitrogens with two attached hydrogens (primary N) is 1. The Morgan fingerprint density at radius 3 is 2.66 bits per heavy atom. The molecule has 4 radical (unpaired) electrons. The molecule has 6 rings (SSSR count). The Morgan fingerprint density at radius 2 is 1.89 bits per heavy atom. The molecular formula is C29H23N7O2. The van der Waals surface area contributed by atoms with Gasteiger partial charge < -0.3 is 10.8 Å². The van der Waals surface area contributed by atoms with Crippen molar-refractivity contribution >= 4 is 27.8 Å². The average molecular weight is 502 g/mol. The Labute approximate surface area is 218 Å². The third-order valence-corrected chi connectivity index (χ3v) is 6.56. The van der Waals surface area contributed by atoms with Gasteiger partial charge in [-0.25, -0.2) is 19.6 Å². The van der Waals surface area contributed by atoms with Gasteiger partial charge in [-0.3, -0.25) is 9.36 Å². The van der Waals surface area contributed by atoms with Crippen LogP contribution >= 0.6 is 0 Å². The van der Waals surface area contributed by atoms with Crippen LogP contribution in [0.3, 0.4) is 0 Å². The molecule has 0 aliphatic heterocycles. The zero-order valence-corrected chi connectivity index (χ0v) is 20.6. The number of benzene rings is 2. The van der Waals surface area contributed by atoms with Gasteiger partial charge in [-0.1, -0.05) is 37.3 Å². The van der Waals surface area contributed by atoms with E-state index >= 15 is 0 Å². The molecule has 9 nitrogen and oxygen atoms in total. The van der Waals surface area contributed by atoms with E-state index in [1.807, 2.05) is 37.3 Å². The maximum Gasteiger partial charge on any atom is 0.262 e. The van der Waals surface area contributed by atoms with E-state index in [-0.39, 0.29) is 30.2 Å². The zero-order chi connectivity index (χ0) is 26.2. The molecule has 0 spiro atoms. The number of fused-ring (bicyclic) bond motifs is 2. The summed E-state index contributed by atoms with van der Waals surface area (Å²) in [6.07, 6.45) is 13.7. The summed E-state index contributed by atoms with van der Waals surface area (Å²) in [6.45, 7) is 2.48. The van der Waals surface area contributed by atoms with Crippen molar-refractivity contribution in [2.45, 2.75) is 26.4 Å². The number of allylic oxidation sites excluding steroid dienone is 4. The number of nitrogens with zero attached hydrogens (tertiary/aromatic N) is 6. The van der Waals surface area contributed by atoms with Crippen molar-refractivity contribution in [2.75, 3.05) is 5.73 Å². The molecule has 9 heteroatoms. The molecule has 0 fully saturated rings. The molecule has 0 saturated carbocycles. The summed E-state index contributed by atoms with van der Waals surface area (Å²) < 4.78 is 3.35. The first-order chi connectivity index (χ1) is 18.5. The monoisotopic (exact) mass is 501 g/mol. The highest BCUT2D eigenvalue weighted by Gasteiger charge is 2.21. The van der Waals surface area contributed by atoms with Gasteiger partial charge in [0.25, 0.3) is 5.56 Å². The highest BCUT2D eigenvalue weighted by Crippen LogP contribution is 2.31. The second kappa shape index (κ2) is 9.59. The molecule has 3 heterocycles. The summed E-state index contributed by atoms with van der Waals surface area (Å²) in [4.78, 5) is 27.5. The molecule has 0 atom stereocenters. The van der Waals surface area contributed by atoms with E-state index in [0.717, 1.165) is 23.1 Å². The molecule has 0 unspecified atom stereocenters. The average Bonchev–Trinajstić information content (AvgIpc) is 3.31. The van der Waals surface area contributed by atoms with Crippen molar-refractivity contribution in [3.8, 4) is 17.0 Å². The predicted octanol–water partition coefficient (Wildman–Crippen LogP) is 3.76. The van der Waals surface area contributed by atoms with Crippen molar-refractivity contribution in [2.24, 2.45) is 0 Å². The van der Waals surface area contributed by atoms with Crippen LogP contribution in [-0.4, -0.2) is 34.4 Å². The van der Waals surface area contributed by atoms with Crippen LogP contribution in [0.15, 0.2) is 77.4 Å². The predicted molar refractivity (Wildman–Crippen MR) is 145 cm³/mol. The number of nitrogen functional groups attached to an aromatic ring is 1. The van der Waals surface area contributed by atoms with E-state index in [0.29, 0.717) is 33.5 Å². The number of aromatic nitrogens is 6. The van der Waals surface area contributed by atoms with E-state index in [9.17, 15) is 9.90 Å². The standard InChI is InChI=1S/C29H23N7O2/c1-2-19-9-6-10-22-24(19)29(38)35(15-18-7-4-3-5-8-18)23(33-22)16-36-28-25(27(30)31-17-32-28)26(34-36)20-11-13-21(37)14-12-20/h3-4,6-7,9-14,17,37H,2,15-16H2,1H3,(H2,30,31,32). The smallest absolute Gasteiger partial charge is 0.262 e. The number of phenols is 1. The number of aromatic hydroxyl groups is 1. The van der Waals surface area contributed by atoms with Gasteiger partial charge in [0.05, 0.1) is 16.3 Å². The molecule has 1 aliphatic rings. The lowest BCUT2D eigenvalue weighted by Crippen LogP contribution is -2.28. The number of phenolic OH excluding ortho intramolecular Hbond substituents is 1. The SMILES string of the molecule is CCc1cccc2nc(Cn3nc(-c4ccc(O)cc4)c4c(N)ncnc43)n(CC3=CC=C[C][C]3)c(=O)c12. The van der Waals surface area contributed by atoms with Gasteiger partial charge in [0.15, 0.2) is 5.65 Å². The minimum Gasteiger partial charge on any atom is -0.508 e. The molecule has 0 bridgehead atoms. The number of anilines is 1. The maximum atomic E-state index is 13.9. The van der Waals surface area contributed by atoms with Crippen LogP contribution in [-0.2, 0) is 19.5 Å². The largest absolute Gasteiger partial charge is 0.508 e. The molecule has 0 amide bonds. The quantitative estimate of drug-likeness (QED) is 0.363. The number of hydrogen-bond donors (Lipinski definition) is 2. The lowest BCUT2D eigenvalue weighted by Gasteiger charge is -2.17. The van der Waals surface area contributed by atoms with Crippen molar-refractivity contribution in [3.05, 3.63) is 107 Å². The van der Waals surface area contributed by atoms with Gasteiger partial charge in [-0.15, -0.1) is 0 Å². The second-order valence-corrected chi connectivity index (χ2v) is 8.92. The molecular weight excluding hydrogens is 478 g/mol. The third-order valence-electron chi connectivity index (χ3n) is 6.56. The fourth-order valence-electron chi connectivity index (χ4n) is 4.70. The molecule has 186 valence electrons. The first kappa shape index (κ1) is 23.6.